The first-order valence-electron chi connectivity index (χ1n) is 5.09. The maximum atomic E-state index is 11.7. The fourth-order valence-electron chi connectivity index (χ4n) is 1.37. The van der Waals surface area contributed by atoms with Crippen LogP contribution in [0.25, 0.3) is 0 Å². The molecule has 0 radical (unpaired) electrons. The quantitative estimate of drug-likeness (QED) is 0.624. The summed E-state index contributed by atoms with van der Waals surface area (Å²) in [5, 5.41) is 8.53. The number of carbonyl (C=O) groups excluding carboxylic acids is 1. The molecule has 0 bridgehead atoms. The van der Waals surface area contributed by atoms with Crippen LogP contribution in [-0.2, 0) is 11.2 Å². The number of ketones is 1. The van der Waals surface area contributed by atoms with E-state index < -0.39 is 5.97 Å². The normalized spacial score (nSPS) is 11.2. The smallest absolute Gasteiger partial charge is 0.328 e. The zero-order valence-electron chi connectivity index (χ0n) is 9.36. The van der Waals surface area contributed by atoms with Gasteiger partial charge in [-0.15, -0.1) is 0 Å². The van der Waals surface area contributed by atoms with Crippen LogP contribution in [0, 0.1) is 0 Å². The van der Waals surface area contributed by atoms with Crippen LogP contribution in [0.4, 0.5) is 0 Å². The number of carbonyl (C=O) groups is 2. The first kappa shape index (κ1) is 12.2. The van der Waals surface area contributed by atoms with Gasteiger partial charge < -0.3 is 5.11 Å². The number of Topliss-reactive ketones (excluding diaryl/α,β-unsaturated/α-hetero) is 1. The lowest BCUT2D eigenvalue weighted by atomic mass is 10.0. The first-order chi connectivity index (χ1) is 7.54. The summed E-state index contributed by atoms with van der Waals surface area (Å²) >= 11 is 0. The van der Waals surface area contributed by atoms with Gasteiger partial charge in [-0.3, -0.25) is 4.79 Å². The van der Waals surface area contributed by atoms with E-state index in [-0.39, 0.29) is 11.4 Å². The zero-order chi connectivity index (χ0) is 12.1. The van der Waals surface area contributed by atoms with Gasteiger partial charge in [0.05, 0.1) is 0 Å². The van der Waals surface area contributed by atoms with Gasteiger partial charge in [0, 0.05) is 17.2 Å². The number of hydrogen-bond acceptors (Lipinski definition) is 2. The van der Waals surface area contributed by atoms with Gasteiger partial charge in [0.25, 0.3) is 0 Å². The first-order valence-corrected chi connectivity index (χ1v) is 5.09. The second-order valence-corrected chi connectivity index (χ2v) is 3.55. The number of allylic oxidation sites excluding steroid dienone is 1. The van der Waals surface area contributed by atoms with Crippen molar-refractivity contribution < 1.29 is 14.7 Å². The molecule has 0 saturated heterocycles. The lowest BCUT2D eigenvalue weighted by Gasteiger charge is -2.01. The highest BCUT2D eigenvalue weighted by atomic mass is 16.4. The van der Waals surface area contributed by atoms with Gasteiger partial charge in [-0.1, -0.05) is 31.2 Å². The van der Waals surface area contributed by atoms with Crippen molar-refractivity contribution in [3.05, 3.63) is 47.0 Å². The summed E-state index contributed by atoms with van der Waals surface area (Å²) in [6.45, 7) is 3.54. The summed E-state index contributed by atoms with van der Waals surface area (Å²) < 4.78 is 0. The van der Waals surface area contributed by atoms with Gasteiger partial charge in [-0.2, -0.15) is 0 Å². The Hall–Kier alpha value is -1.90. The lowest BCUT2D eigenvalue weighted by Crippen LogP contribution is -2.03. The van der Waals surface area contributed by atoms with Crippen LogP contribution >= 0.6 is 0 Å². The molecule has 16 heavy (non-hydrogen) atoms. The predicted octanol–water partition coefficient (Wildman–Crippen LogP) is 2.46. The Kier molecular flexibility index (Phi) is 4.00. The molecule has 0 unspecified atom stereocenters. The molecule has 0 aliphatic heterocycles. The highest BCUT2D eigenvalue weighted by Crippen LogP contribution is 2.10. The molecule has 0 aliphatic rings. The van der Waals surface area contributed by atoms with Crippen molar-refractivity contribution in [3.63, 3.8) is 0 Å². The summed E-state index contributed by atoms with van der Waals surface area (Å²) in [6, 6.07) is 7.20. The second kappa shape index (κ2) is 5.26. The van der Waals surface area contributed by atoms with E-state index in [1.54, 1.807) is 12.1 Å². The number of carboxylic acid groups (broad SMARTS) is 1. The number of carboxylic acids is 1. The molecule has 0 spiro atoms. The topological polar surface area (TPSA) is 54.4 Å². The maximum Gasteiger partial charge on any atom is 0.328 e. The Morgan fingerprint density at radius 1 is 1.25 bits per heavy atom. The number of rotatable bonds is 4. The van der Waals surface area contributed by atoms with Gasteiger partial charge >= 0.3 is 5.97 Å². The Balaban J connectivity index is 2.92. The zero-order valence-corrected chi connectivity index (χ0v) is 9.36. The maximum absolute atomic E-state index is 11.7. The van der Waals surface area contributed by atoms with E-state index in [0.29, 0.717) is 5.56 Å². The van der Waals surface area contributed by atoms with Gasteiger partial charge in [-0.05, 0) is 18.9 Å². The van der Waals surface area contributed by atoms with Crippen LogP contribution in [0.1, 0.15) is 29.8 Å². The Morgan fingerprint density at radius 3 is 2.25 bits per heavy atom. The fraction of sp³-hybridized carbons (Fsp3) is 0.231. The third kappa shape index (κ3) is 3.05. The standard InChI is InChI=1S/C13H14O3/c1-3-10-4-6-11(7-5-10)13(16)9(2)8-12(14)15/h4-8H,3H2,1-2H3,(H,14,15)/b9-8+. The average molecular weight is 218 g/mol. The molecule has 1 N–H and O–H groups in total. The van der Waals surface area contributed by atoms with Crippen LogP contribution < -0.4 is 0 Å². The summed E-state index contributed by atoms with van der Waals surface area (Å²) in [5.74, 6) is -1.35. The molecule has 1 aromatic rings. The average Bonchev–Trinajstić information content (AvgIpc) is 2.27. The molecule has 3 heteroatoms. The van der Waals surface area contributed by atoms with Crippen molar-refractivity contribution in [2.24, 2.45) is 0 Å². The molecule has 3 nitrogen and oxygen atoms in total. The van der Waals surface area contributed by atoms with Crippen LogP contribution in [0.15, 0.2) is 35.9 Å². The van der Waals surface area contributed by atoms with Crippen molar-refractivity contribution in [2.45, 2.75) is 20.3 Å². The van der Waals surface area contributed by atoms with Gasteiger partial charge in [0.15, 0.2) is 5.78 Å². The number of hydrogen-bond donors (Lipinski definition) is 1. The van der Waals surface area contributed by atoms with E-state index in [1.165, 1.54) is 6.92 Å². The summed E-state index contributed by atoms with van der Waals surface area (Å²) in [7, 11) is 0. The van der Waals surface area contributed by atoms with Crippen molar-refractivity contribution >= 4 is 11.8 Å². The van der Waals surface area contributed by atoms with Crippen molar-refractivity contribution in [1.29, 1.82) is 0 Å². The molecule has 0 saturated carbocycles. The van der Waals surface area contributed by atoms with Gasteiger partial charge in [-0.25, -0.2) is 4.79 Å². The molecule has 0 aliphatic carbocycles. The monoisotopic (exact) mass is 218 g/mol. The minimum Gasteiger partial charge on any atom is -0.478 e. The van der Waals surface area contributed by atoms with Crippen LogP contribution in [-0.4, -0.2) is 16.9 Å². The Bertz CT molecular complexity index is 427. The fourth-order valence-corrected chi connectivity index (χ4v) is 1.37. The van der Waals surface area contributed by atoms with Gasteiger partial charge in [0.2, 0.25) is 0 Å². The Labute approximate surface area is 94.4 Å². The van der Waals surface area contributed by atoms with E-state index in [9.17, 15) is 9.59 Å². The molecule has 1 aromatic carbocycles. The van der Waals surface area contributed by atoms with Crippen molar-refractivity contribution in [3.8, 4) is 0 Å². The van der Waals surface area contributed by atoms with Crippen molar-refractivity contribution in [1.82, 2.24) is 0 Å². The van der Waals surface area contributed by atoms with Crippen LogP contribution in [0.5, 0.6) is 0 Å². The van der Waals surface area contributed by atoms with Crippen LogP contribution in [0.3, 0.4) is 0 Å². The minimum absolute atomic E-state index is 0.233. The van der Waals surface area contributed by atoms with E-state index >= 15 is 0 Å². The largest absolute Gasteiger partial charge is 0.478 e. The number of aryl methyl sites for hydroxylation is 1. The number of benzene rings is 1. The number of aliphatic carboxylic acids is 1. The summed E-state index contributed by atoms with van der Waals surface area (Å²) in [6.07, 6.45) is 1.84. The van der Waals surface area contributed by atoms with Crippen LogP contribution in [0.2, 0.25) is 0 Å². The molecule has 0 atom stereocenters. The molecule has 0 aromatic heterocycles. The van der Waals surface area contributed by atoms with E-state index in [2.05, 4.69) is 0 Å². The van der Waals surface area contributed by atoms with Gasteiger partial charge in [0.1, 0.15) is 0 Å². The molecular formula is C13H14O3. The predicted molar refractivity (Wildman–Crippen MR) is 61.5 cm³/mol. The lowest BCUT2D eigenvalue weighted by molar-refractivity contribution is -0.131. The minimum atomic E-state index is -1.10. The SMILES string of the molecule is CCc1ccc(C(=O)/C(C)=C/C(=O)O)cc1. The van der Waals surface area contributed by atoms with E-state index in [0.717, 1.165) is 18.1 Å². The molecule has 0 heterocycles. The molecule has 1 rings (SSSR count). The molecular weight excluding hydrogens is 204 g/mol. The summed E-state index contributed by atoms with van der Waals surface area (Å²) in [4.78, 5) is 22.2. The van der Waals surface area contributed by atoms with E-state index in [4.69, 9.17) is 5.11 Å². The molecule has 0 fully saturated rings. The second-order valence-electron chi connectivity index (χ2n) is 3.55. The third-order valence-corrected chi connectivity index (χ3v) is 2.32. The molecule has 0 amide bonds. The van der Waals surface area contributed by atoms with Crippen molar-refractivity contribution in [2.75, 3.05) is 0 Å². The third-order valence-electron chi connectivity index (χ3n) is 2.32. The summed E-state index contributed by atoms with van der Waals surface area (Å²) in [5.41, 5.74) is 1.90. The van der Waals surface area contributed by atoms with E-state index in [1.807, 2.05) is 19.1 Å². The molecule has 84 valence electrons. The highest BCUT2D eigenvalue weighted by Gasteiger charge is 2.08. The Morgan fingerprint density at radius 2 is 1.81 bits per heavy atom. The highest BCUT2D eigenvalue weighted by molar-refractivity contribution is 6.10.